The molecule has 31 heavy (non-hydrogen) atoms. The molecule has 0 bridgehead atoms. The van der Waals surface area contributed by atoms with Crippen LogP contribution in [0.3, 0.4) is 0 Å². The summed E-state index contributed by atoms with van der Waals surface area (Å²) in [5.41, 5.74) is 3.53. The lowest BCUT2D eigenvalue weighted by Crippen LogP contribution is -2.47. The maximum atomic E-state index is 13.6. The first-order chi connectivity index (χ1) is 14.5. The molecule has 8 heteroatoms. The zero-order valence-electron chi connectivity index (χ0n) is 18.7. The first-order valence-corrected chi connectivity index (χ1v) is 10.4. The molecule has 3 rings (SSSR count). The Kier molecular flexibility index (Phi) is 8.80. The number of halogens is 2. The van der Waals surface area contributed by atoms with Gasteiger partial charge in [0, 0.05) is 52.9 Å². The van der Waals surface area contributed by atoms with Crippen LogP contribution in [-0.2, 0) is 0 Å². The summed E-state index contributed by atoms with van der Waals surface area (Å²) in [5, 5.41) is 3.47. The number of anilines is 3. The molecule has 1 saturated heterocycles. The van der Waals surface area contributed by atoms with E-state index in [-0.39, 0.29) is 24.1 Å². The molecule has 0 unspecified atom stereocenters. The molecule has 0 aromatic heterocycles. The summed E-state index contributed by atoms with van der Waals surface area (Å²) in [5.74, 6) is 0.224. The van der Waals surface area contributed by atoms with Crippen LogP contribution in [0.1, 0.15) is 23.7 Å². The Bertz CT molecular complexity index is 886. The number of carbonyl (C=O) groups is 1. The smallest absolute Gasteiger partial charge is 0.255 e. The fourth-order valence-electron chi connectivity index (χ4n) is 3.78. The number of rotatable bonds is 7. The molecule has 0 spiro atoms. The number of methoxy groups -OCH3 is 1. The number of nitrogens with one attached hydrogen (secondary N) is 1. The second kappa shape index (κ2) is 11.1. The molecule has 0 atom stereocenters. The Morgan fingerprint density at radius 3 is 2.42 bits per heavy atom. The average molecular weight is 451 g/mol. The first-order valence-electron chi connectivity index (χ1n) is 10.4. The van der Waals surface area contributed by atoms with E-state index >= 15 is 0 Å². The maximum absolute atomic E-state index is 13.6. The molecule has 1 fully saturated rings. The highest BCUT2D eigenvalue weighted by Gasteiger charge is 2.26. The minimum absolute atomic E-state index is 0. The van der Waals surface area contributed by atoms with Gasteiger partial charge in [0.1, 0.15) is 11.6 Å². The van der Waals surface area contributed by atoms with Crippen molar-refractivity contribution in [3.05, 3.63) is 47.8 Å². The molecule has 2 aromatic carbocycles. The summed E-state index contributed by atoms with van der Waals surface area (Å²) in [4.78, 5) is 18.9. The van der Waals surface area contributed by atoms with Gasteiger partial charge in [-0.1, -0.05) is 13.0 Å². The van der Waals surface area contributed by atoms with E-state index in [1.807, 2.05) is 18.2 Å². The topological polar surface area (TPSA) is 48.1 Å². The van der Waals surface area contributed by atoms with Gasteiger partial charge in [0.2, 0.25) is 0 Å². The Morgan fingerprint density at radius 1 is 1.13 bits per heavy atom. The lowest BCUT2D eigenvalue weighted by atomic mass is 10.1. The van der Waals surface area contributed by atoms with E-state index in [0.717, 1.165) is 56.2 Å². The molecule has 1 aliphatic rings. The van der Waals surface area contributed by atoms with Crippen molar-refractivity contribution in [2.75, 3.05) is 69.0 Å². The standard InChI is InChI=1S/C23H31FN4O2.ClH/c1-5-11-25-19-8-6-7-18(23(29)26(2)3)22(19)28-14-12-27(13-15-28)20-10-9-17(24)16-21(20)30-4;/h6-10,16,25H,5,11-15H2,1-4H3;1H. The number of ether oxygens (including phenoxy) is 1. The Morgan fingerprint density at radius 2 is 1.81 bits per heavy atom. The van der Waals surface area contributed by atoms with Gasteiger partial charge in [0.05, 0.1) is 29.7 Å². The third kappa shape index (κ3) is 5.53. The number of amides is 1. The maximum Gasteiger partial charge on any atom is 0.255 e. The van der Waals surface area contributed by atoms with Gasteiger partial charge < -0.3 is 24.8 Å². The van der Waals surface area contributed by atoms with E-state index < -0.39 is 0 Å². The number of carbonyl (C=O) groups excluding carboxylic acids is 1. The molecule has 1 heterocycles. The van der Waals surface area contributed by atoms with Crippen molar-refractivity contribution >= 4 is 35.4 Å². The largest absolute Gasteiger partial charge is 0.494 e. The summed E-state index contributed by atoms with van der Waals surface area (Å²) in [7, 11) is 5.11. The summed E-state index contributed by atoms with van der Waals surface area (Å²) < 4.78 is 18.9. The third-order valence-electron chi connectivity index (χ3n) is 5.32. The lowest BCUT2D eigenvalue weighted by molar-refractivity contribution is 0.0828. The number of piperazine rings is 1. The van der Waals surface area contributed by atoms with Crippen LogP contribution in [0.25, 0.3) is 0 Å². The number of benzene rings is 2. The molecule has 0 radical (unpaired) electrons. The fraction of sp³-hybridized carbons (Fsp3) is 0.435. The van der Waals surface area contributed by atoms with Crippen LogP contribution in [0.15, 0.2) is 36.4 Å². The predicted molar refractivity (Wildman–Crippen MR) is 128 cm³/mol. The SMILES string of the molecule is CCCNc1cccc(C(=O)N(C)C)c1N1CCN(c2ccc(F)cc2OC)CC1.Cl. The van der Waals surface area contributed by atoms with Crippen LogP contribution < -0.4 is 19.9 Å². The van der Waals surface area contributed by atoms with Crippen LogP contribution >= 0.6 is 12.4 Å². The van der Waals surface area contributed by atoms with Crippen LogP contribution in [0.2, 0.25) is 0 Å². The Labute approximate surface area is 190 Å². The predicted octanol–water partition coefficient (Wildman–Crippen LogP) is 4.11. The van der Waals surface area contributed by atoms with Crippen molar-refractivity contribution in [1.82, 2.24) is 4.90 Å². The quantitative estimate of drug-likeness (QED) is 0.688. The molecule has 1 amide bonds. The first kappa shape index (κ1) is 24.6. The monoisotopic (exact) mass is 450 g/mol. The van der Waals surface area contributed by atoms with Crippen LogP contribution in [0, 0.1) is 5.82 Å². The van der Waals surface area contributed by atoms with E-state index in [0.29, 0.717) is 11.3 Å². The van der Waals surface area contributed by atoms with Crippen molar-refractivity contribution in [3.8, 4) is 5.75 Å². The highest BCUT2D eigenvalue weighted by atomic mass is 35.5. The van der Waals surface area contributed by atoms with Crippen molar-refractivity contribution in [1.29, 1.82) is 0 Å². The van der Waals surface area contributed by atoms with Gasteiger partial charge in [-0.05, 0) is 30.7 Å². The van der Waals surface area contributed by atoms with E-state index in [9.17, 15) is 9.18 Å². The van der Waals surface area contributed by atoms with Gasteiger partial charge in [-0.3, -0.25) is 4.79 Å². The molecule has 1 aliphatic heterocycles. The van der Waals surface area contributed by atoms with E-state index in [2.05, 4.69) is 22.0 Å². The van der Waals surface area contributed by atoms with Gasteiger partial charge in [-0.15, -0.1) is 12.4 Å². The van der Waals surface area contributed by atoms with Crippen LogP contribution in [0.4, 0.5) is 21.5 Å². The van der Waals surface area contributed by atoms with Gasteiger partial charge in [-0.2, -0.15) is 0 Å². The molecule has 6 nitrogen and oxygen atoms in total. The van der Waals surface area contributed by atoms with Gasteiger partial charge in [-0.25, -0.2) is 4.39 Å². The summed E-state index contributed by atoms with van der Waals surface area (Å²) in [6, 6.07) is 10.5. The zero-order valence-corrected chi connectivity index (χ0v) is 19.5. The average Bonchev–Trinajstić information content (AvgIpc) is 2.76. The molecule has 2 aromatic rings. The zero-order chi connectivity index (χ0) is 21.7. The van der Waals surface area contributed by atoms with Gasteiger partial charge in [0.25, 0.3) is 5.91 Å². The minimum atomic E-state index is -0.308. The number of para-hydroxylation sites is 1. The van der Waals surface area contributed by atoms with Crippen molar-refractivity contribution in [2.24, 2.45) is 0 Å². The molecule has 1 N–H and O–H groups in total. The fourth-order valence-corrected chi connectivity index (χ4v) is 3.78. The number of nitrogens with zero attached hydrogens (tertiary/aromatic N) is 3. The van der Waals surface area contributed by atoms with E-state index in [4.69, 9.17) is 4.74 Å². The number of hydrogen-bond donors (Lipinski definition) is 1. The van der Waals surface area contributed by atoms with Crippen LogP contribution in [0.5, 0.6) is 5.75 Å². The lowest BCUT2D eigenvalue weighted by Gasteiger charge is -2.39. The Hall–Kier alpha value is -2.67. The van der Waals surface area contributed by atoms with Crippen molar-refractivity contribution in [3.63, 3.8) is 0 Å². The van der Waals surface area contributed by atoms with E-state index in [1.165, 1.54) is 12.1 Å². The van der Waals surface area contributed by atoms with Crippen LogP contribution in [-0.4, -0.2) is 64.7 Å². The number of hydrogen-bond acceptors (Lipinski definition) is 5. The molecule has 0 aliphatic carbocycles. The normalized spacial score (nSPS) is 13.5. The molecular formula is C23H32ClFN4O2. The third-order valence-corrected chi connectivity index (χ3v) is 5.32. The Balaban J connectivity index is 0.00000341. The molecular weight excluding hydrogens is 419 g/mol. The molecule has 0 saturated carbocycles. The summed E-state index contributed by atoms with van der Waals surface area (Å²) >= 11 is 0. The highest BCUT2D eigenvalue weighted by Crippen LogP contribution is 2.34. The molecule has 170 valence electrons. The second-order valence-electron chi connectivity index (χ2n) is 7.62. The van der Waals surface area contributed by atoms with Gasteiger partial charge in [0.15, 0.2) is 0 Å². The van der Waals surface area contributed by atoms with Crippen molar-refractivity contribution < 1.29 is 13.9 Å². The summed E-state index contributed by atoms with van der Waals surface area (Å²) in [6.45, 7) is 5.97. The summed E-state index contributed by atoms with van der Waals surface area (Å²) in [6.07, 6.45) is 1.00. The highest BCUT2D eigenvalue weighted by molar-refractivity contribution is 6.02. The van der Waals surface area contributed by atoms with Gasteiger partial charge >= 0.3 is 0 Å². The van der Waals surface area contributed by atoms with E-state index in [1.54, 1.807) is 32.2 Å². The minimum Gasteiger partial charge on any atom is -0.494 e. The second-order valence-corrected chi connectivity index (χ2v) is 7.62. The van der Waals surface area contributed by atoms with Crippen molar-refractivity contribution in [2.45, 2.75) is 13.3 Å².